The number of aliphatic imine (C=N–C) groups is 1. The van der Waals surface area contributed by atoms with Gasteiger partial charge in [-0.05, 0) is 18.4 Å². The number of nitro benzene ring substituents is 1. The fourth-order valence-electron chi connectivity index (χ4n) is 2.12. The summed E-state index contributed by atoms with van der Waals surface area (Å²) in [5.74, 6) is 0.845. The molecule has 0 saturated heterocycles. The molecular formula is C17H28N4O3. The lowest BCUT2D eigenvalue weighted by molar-refractivity contribution is -0.384. The molecule has 0 aliphatic rings. The highest BCUT2D eigenvalue weighted by molar-refractivity contribution is 5.79. The van der Waals surface area contributed by atoms with E-state index >= 15 is 0 Å². The van der Waals surface area contributed by atoms with Crippen molar-refractivity contribution in [3.05, 3.63) is 39.9 Å². The van der Waals surface area contributed by atoms with Gasteiger partial charge in [0.2, 0.25) is 0 Å². The predicted molar refractivity (Wildman–Crippen MR) is 96.3 cm³/mol. The molecule has 0 aromatic heterocycles. The number of rotatable bonds is 10. The van der Waals surface area contributed by atoms with Gasteiger partial charge < -0.3 is 15.0 Å². The maximum absolute atomic E-state index is 10.7. The Kier molecular flexibility index (Phi) is 9.45. The maximum atomic E-state index is 10.7. The molecular weight excluding hydrogens is 308 g/mol. The number of hydrogen-bond donors (Lipinski definition) is 1. The summed E-state index contributed by atoms with van der Waals surface area (Å²) in [4.78, 5) is 17.0. The Morgan fingerprint density at radius 1 is 1.33 bits per heavy atom. The van der Waals surface area contributed by atoms with E-state index in [9.17, 15) is 10.1 Å². The Morgan fingerprint density at radius 2 is 2.04 bits per heavy atom. The lowest BCUT2D eigenvalue weighted by atomic mass is 10.2. The minimum atomic E-state index is -0.394. The van der Waals surface area contributed by atoms with Gasteiger partial charge in [-0.15, -0.1) is 0 Å². The van der Waals surface area contributed by atoms with Crippen LogP contribution in [0.5, 0.6) is 0 Å². The summed E-state index contributed by atoms with van der Waals surface area (Å²) in [5, 5.41) is 14.0. The second-order valence-electron chi connectivity index (χ2n) is 5.61. The summed E-state index contributed by atoms with van der Waals surface area (Å²) in [6, 6.07) is 6.51. The van der Waals surface area contributed by atoms with Gasteiger partial charge in [-0.2, -0.15) is 0 Å². The van der Waals surface area contributed by atoms with Crippen molar-refractivity contribution in [2.24, 2.45) is 4.99 Å². The van der Waals surface area contributed by atoms with Crippen LogP contribution in [-0.2, 0) is 11.3 Å². The third kappa shape index (κ3) is 7.41. The van der Waals surface area contributed by atoms with Gasteiger partial charge in [0.15, 0.2) is 5.96 Å². The zero-order valence-corrected chi connectivity index (χ0v) is 14.8. The van der Waals surface area contributed by atoms with E-state index in [4.69, 9.17) is 4.74 Å². The predicted octanol–water partition coefficient (Wildman–Crippen LogP) is 2.81. The number of unbranched alkanes of at least 4 members (excludes halogenated alkanes) is 1. The molecule has 0 atom stereocenters. The number of nitro groups is 1. The second kappa shape index (κ2) is 11.4. The fourth-order valence-corrected chi connectivity index (χ4v) is 2.12. The van der Waals surface area contributed by atoms with Crippen molar-refractivity contribution in [3.8, 4) is 0 Å². The molecule has 7 nitrogen and oxygen atoms in total. The molecule has 0 spiro atoms. The van der Waals surface area contributed by atoms with E-state index in [1.165, 1.54) is 12.1 Å². The van der Waals surface area contributed by atoms with Crippen LogP contribution in [-0.4, -0.2) is 49.6 Å². The number of hydrogen-bond acceptors (Lipinski definition) is 4. The summed E-state index contributed by atoms with van der Waals surface area (Å²) in [5.41, 5.74) is 1.04. The third-order valence-corrected chi connectivity index (χ3v) is 3.58. The van der Waals surface area contributed by atoms with Crippen LogP contribution in [0.1, 0.15) is 31.7 Å². The summed E-state index contributed by atoms with van der Waals surface area (Å²) < 4.78 is 5.06. The van der Waals surface area contributed by atoms with Crippen molar-refractivity contribution < 1.29 is 9.66 Å². The SMILES string of the molecule is CCCCN(C)C(=NCc1ccc([N+](=O)[O-])cc1)NCCCOC. The summed E-state index contributed by atoms with van der Waals surface area (Å²) in [7, 11) is 3.71. The molecule has 0 amide bonds. The Hall–Kier alpha value is -2.15. The second-order valence-corrected chi connectivity index (χ2v) is 5.61. The highest BCUT2D eigenvalue weighted by Crippen LogP contribution is 2.12. The van der Waals surface area contributed by atoms with Gasteiger partial charge in [-0.1, -0.05) is 25.5 Å². The number of guanidine groups is 1. The molecule has 1 rings (SSSR count). The molecule has 24 heavy (non-hydrogen) atoms. The van der Waals surface area contributed by atoms with Crippen molar-refractivity contribution in [1.29, 1.82) is 0 Å². The molecule has 0 aliphatic heterocycles. The number of ether oxygens (including phenoxy) is 1. The number of nitrogens with zero attached hydrogens (tertiary/aromatic N) is 3. The molecule has 0 radical (unpaired) electrons. The topological polar surface area (TPSA) is 80.0 Å². The molecule has 0 saturated carbocycles. The third-order valence-electron chi connectivity index (χ3n) is 3.58. The fraction of sp³-hybridized carbons (Fsp3) is 0.588. The van der Waals surface area contributed by atoms with Crippen LogP contribution in [0.15, 0.2) is 29.3 Å². The molecule has 7 heteroatoms. The van der Waals surface area contributed by atoms with E-state index < -0.39 is 4.92 Å². The first-order valence-electron chi connectivity index (χ1n) is 8.30. The molecule has 0 unspecified atom stereocenters. The van der Waals surface area contributed by atoms with Crippen molar-refractivity contribution in [3.63, 3.8) is 0 Å². The Bertz CT molecular complexity index is 517. The van der Waals surface area contributed by atoms with E-state index in [-0.39, 0.29) is 5.69 Å². The summed E-state index contributed by atoms with van der Waals surface area (Å²) >= 11 is 0. The average molecular weight is 336 g/mol. The minimum Gasteiger partial charge on any atom is -0.385 e. The van der Waals surface area contributed by atoms with Crippen LogP contribution in [0.3, 0.4) is 0 Å². The van der Waals surface area contributed by atoms with E-state index in [0.717, 1.165) is 43.9 Å². The van der Waals surface area contributed by atoms with E-state index in [1.807, 2.05) is 7.05 Å². The lowest BCUT2D eigenvalue weighted by Gasteiger charge is -2.22. The van der Waals surface area contributed by atoms with Gasteiger partial charge in [-0.25, -0.2) is 4.99 Å². The molecule has 1 N–H and O–H groups in total. The first kappa shape index (κ1) is 19.9. The normalized spacial score (nSPS) is 11.4. The van der Waals surface area contributed by atoms with Gasteiger partial charge >= 0.3 is 0 Å². The number of methoxy groups -OCH3 is 1. The molecule has 0 aliphatic carbocycles. The average Bonchev–Trinajstić information content (AvgIpc) is 2.59. The quantitative estimate of drug-likeness (QED) is 0.234. The van der Waals surface area contributed by atoms with Gasteiger partial charge in [0.25, 0.3) is 5.69 Å². The van der Waals surface area contributed by atoms with Crippen molar-refractivity contribution >= 4 is 11.6 Å². The monoisotopic (exact) mass is 336 g/mol. The highest BCUT2D eigenvalue weighted by atomic mass is 16.6. The Labute approximate surface area is 143 Å². The minimum absolute atomic E-state index is 0.0979. The summed E-state index contributed by atoms with van der Waals surface area (Å²) in [6.45, 7) is 5.09. The van der Waals surface area contributed by atoms with Gasteiger partial charge in [0, 0.05) is 46.0 Å². The van der Waals surface area contributed by atoms with Gasteiger partial charge in [0.1, 0.15) is 0 Å². The molecule has 0 fully saturated rings. The first-order chi connectivity index (χ1) is 11.6. The highest BCUT2D eigenvalue weighted by Gasteiger charge is 2.07. The van der Waals surface area contributed by atoms with E-state index in [2.05, 4.69) is 22.1 Å². The van der Waals surface area contributed by atoms with Crippen molar-refractivity contribution in [2.75, 3.05) is 33.9 Å². The zero-order valence-electron chi connectivity index (χ0n) is 14.8. The number of non-ortho nitro benzene ring substituents is 1. The molecule has 1 aromatic rings. The van der Waals surface area contributed by atoms with Gasteiger partial charge in [0.05, 0.1) is 11.5 Å². The Balaban J connectivity index is 2.68. The Morgan fingerprint density at radius 3 is 2.62 bits per heavy atom. The number of benzene rings is 1. The maximum Gasteiger partial charge on any atom is 0.269 e. The van der Waals surface area contributed by atoms with E-state index in [1.54, 1.807) is 19.2 Å². The number of nitrogens with one attached hydrogen (secondary N) is 1. The van der Waals surface area contributed by atoms with Crippen LogP contribution in [0.4, 0.5) is 5.69 Å². The smallest absolute Gasteiger partial charge is 0.269 e. The van der Waals surface area contributed by atoms with Crippen molar-refractivity contribution in [2.45, 2.75) is 32.7 Å². The van der Waals surface area contributed by atoms with Crippen LogP contribution in [0.2, 0.25) is 0 Å². The van der Waals surface area contributed by atoms with Gasteiger partial charge in [-0.3, -0.25) is 10.1 Å². The lowest BCUT2D eigenvalue weighted by Crippen LogP contribution is -2.40. The standard InChI is InChI=1S/C17H28N4O3/c1-4-5-12-20(2)17(18-11-6-13-24-3)19-14-15-7-9-16(10-8-15)21(22)23/h7-10H,4-6,11-14H2,1-3H3,(H,18,19). The molecule has 0 bridgehead atoms. The first-order valence-corrected chi connectivity index (χ1v) is 8.30. The molecule has 134 valence electrons. The molecule has 1 aromatic carbocycles. The van der Waals surface area contributed by atoms with Crippen LogP contribution >= 0.6 is 0 Å². The molecule has 0 heterocycles. The van der Waals surface area contributed by atoms with E-state index in [0.29, 0.717) is 13.2 Å². The largest absolute Gasteiger partial charge is 0.385 e. The van der Waals surface area contributed by atoms with Crippen LogP contribution in [0, 0.1) is 10.1 Å². The van der Waals surface area contributed by atoms with Crippen LogP contribution in [0.25, 0.3) is 0 Å². The zero-order chi connectivity index (χ0) is 17.8. The van der Waals surface area contributed by atoms with Crippen molar-refractivity contribution in [1.82, 2.24) is 10.2 Å². The van der Waals surface area contributed by atoms with Crippen LogP contribution < -0.4 is 5.32 Å². The summed E-state index contributed by atoms with van der Waals surface area (Å²) in [6.07, 6.45) is 3.14.